The van der Waals surface area contributed by atoms with E-state index in [0.717, 1.165) is 0 Å². The molecule has 3 N–H and O–H groups in total. The Kier molecular flexibility index (Phi) is 4.27. The molecule has 0 radical (unpaired) electrons. The first-order valence-corrected chi connectivity index (χ1v) is 5.95. The van der Waals surface area contributed by atoms with Crippen LogP contribution in [0.1, 0.15) is 21.6 Å². The highest BCUT2D eigenvalue weighted by Crippen LogP contribution is 2.19. The lowest BCUT2D eigenvalue weighted by Crippen LogP contribution is -2.30. The fourth-order valence-electron chi connectivity index (χ4n) is 1.65. The van der Waals surface area contributed by atoms with Crippen LogP contribution >= 0.6 is 0 Å². The number of hydrogen-bond acceptors (Lipinski definition) is 4. The lowest BCUT2D eigenvalue weighted by Gasteiger charge is -2.09. The number of rotatable bonds is 4. The Morgan fingerprint density at radius 2 is 2.20 bits per heavy atom. The Labute approximate surface area is 115 Å². The molecule has 0 spiro atoms. The summed E-state index contributed by atoms with van der Waals surface area (Å²) in [7, 11) is 0. The van der Waals surface area contributed by atoms with Gasteiger partial charge in [-0.05, 0) is 42.8 Å². The van der Waals surface area contributed by atoms with Gasteiger partial charge in [0.25, 0.3) is 5.91 Å². The molecule has 0 unspecified atom stereocenters. The van der Waals surface area contributed by atoms with Gasteiger partial charge in [0.1, 0.15) is 18.2 Å². The highest BCUT2D eigenvalue weighted by Gasteiger charge is 2.05. The number of hydrazine groups is 1. The van der Waals surface area contributed by atoms with Crippen molar-refractivity contribution < 1.29 is 13.9 Å². The lowest BCUT2D eigenvalue weighted by atomic mass is 10.2. The van der Waals surface area contributed by atoms with E-state index in [1.165, 1.54) is 18.3 Å². The summed E-state index contributed by atoms with van der Waals surface area (Å²) in [5, 5.41) is 0. The maximum Gasteiger partial charge on any atom is 0.266 e. The molecule has 0 aliphatic heterocycles. The van der Waals surface area contributed by atoms with Gasteiger partial charge >= 0.3 is 0 Å². The van der Waals surface area contributed by atoms with E-state index < -0.39 is 5.91 Å². The van der Waals surface area contributed by atoms with Gasteiger partial charge in [0.15, 0.2) is 0 Å². The highest BCUT2D eigenvalue weighted by atomic mass is 19.1. The number of nitrogens with two attached hydrogens (primary N) is 1. The molecule has 0 aliphatic carbocycles. The van der Waals surface area contributed by atoms with Crippen LogP contribution in [0.15, 0.2) is 36.5 Å². The molecule has 2 aromatic rings. The molecular weight excluding hydrogens is 261 g/mol. The molecule has 1 amide bonds. The molecule has 1 aromatic heterocycles. The van der Waals surface area contributed by atoms with Gasteiger partial charge in [-0.15, -0.1) is 0 Å². The minimum atomic E-state index is -0.403. The van der Waals surface area contributed by atoms with E-state index in [9.17, 15) is 9.18 Å². The number of nitrogens with one attached hydrogen (secondary N) is 1. The van der Waals surface area contributed by atoms with Crippen molar-refractivity contribution in [3.8, 4) is 5.75 Å². The zero-order valence-electron chi connectivity index (χ0n) is 10.9. The van der Waals surface area contributed by atoms with E-state index in [2.05, 4.69) is 4.98 Å². The number of aromatic nitrogens is 1. The highest BCUT2D eigenvalue weighted by molar-refractivity contribution is 5.93. The first-order chi connectivity index (χ1) is 9.60. The first kappa shape index (κ1) is 14.0. The SMILES string of the molecule is Cc1cc(F)ccc1OCc1ccc(C(=O)NN)cn1. The molecule has 104 valence electrons. The van der Waals surface area contributed by atoms with Gasteiger partial charge in [0.05, 0.1) is 11.3 Å². The quantitative estimate of drug-likeness (QED) is 0.506. The number of nitrogens with zero attached hydrogens (tertiary/aromatic N) is 1. The van der Waals surface area contributed by atoms with Crippen LogP contribution in [-0.2, 0) is 6.61 Å². The molecule has 6 heteroatoms. The minimum Gasteiger partial charge on any atom is -0.487 e. The standard InChI is InChI=1S/C14H14FN3O2/c1-9-6-11(15)3-5-13(9)20-8-12-4-2-10(7-17-12)14(19)18-16/h2-7H,8,16H2,1H3,(H,18,19). The van der Waals surface area contributed by atoms with Crippen LogP contribution in [0.25, 0.3) is 0 Å². The van der Waals surface area contributed by atoms with E-state index in [-0.39, 0.29) is 12.4 Å². The predicted octanol–water partition coefficient (Wildman–Crippen LogP) is 1.71. The van der Waals surface area contributed by atoms with Crippen molar-refractivity contribution in [2.24, 2.45) is 5.84 Å². The third kappa shape index (κ3) is 3.30. The van der Waals surface area contributed by atoms with E-state index in [4.69, 9.17) is 10.6 Å². The smallest absolute Gasteiger partial charge is 0.266 e. The van der Waals surface area contributed by atoms with Crippen LogP contribution in [0.5, 0.6) is 5.75 Å². The van der Waals surface area contributed by atoms with Crippen LogP contribution in [0, 0.1) is 12.7 Å². The molecule has 0 saturated carbocycles. The number of benzene rings is 1. The summed E-state index contributed by atoms with van der Waals surface area (Å²) < 4.78 is 18.5. The van der Waals surface area contributed by atoms with Crippen molar-refractivity contribution in [2.45, 2.75) is 13.5 Å². The number of halogens is 1. The Hall–Kier alpha value is -2.47. The number of nitrogen functional groups attached to an aromatic ring is 1. The van der Waals surface area contributed by atoms with Gasteiger partial charge in [0.2, 0.25) is 0 Å². The monoisotopic (exact) mass is 275 g/mol. The normalized spacial score (nSPS) is 10.2. The van der Waals surface area contributed by atoms with Crippen LogP contribution in [0.3, 0.4) is 0 Å². The number of carbonyl (C=O) groups is 1. The molecule has 1 aromatic carbocycles. The molecule has 5 nitrogen and oxygen atoms in total. The molecule has 1 heterocycles. The maximum atomic E-state index is 12.9. The summed E-state index contributed by atoms with van der Waals surface area (Å²) in [5.41, 5.74) is 3.76. The van der Waals surface area contributed by atoms with Gasteiger partial charge in [-0.2, -0.15) is 0 Å². The molecule has 0 saturated heterocycles. The van der Waals surface area contributed by atoms with Crippen molar-refractivity contribution in [3.63, 3.8) is 0 Å². The van der Waals surface area contributed by atoms with Crippen LogP contribution in [0.2, 0.25) is 0 Å². The number of amides is 1. The summed E-state index contributed by atoms with van der Waals surface area (Å²) in [6.07, 6.45) is 1.42. The fraction of sp³-hybridized carbons (Fsp3) is 0.143. The second-order valence-electron chi connectivity index (χ2n) is 4.21. The summed E-state index contributed by atoms with van der Waals surface area (Å²) in [5.74, 6) is 4.91. The summed E-state index contributed by atoms with van der Waals surface area (Å²) in [4.78, 5) is 15.3. The van der Waals surface area contributed by atoms with Gasteiger partial charge < -0.3 is 4.74 Å². The van der Waals surface area contributed by atoms with E-state index >= 15 is 0 Å². The largest absolute Gasteiger partial charge is 0.487 e. The minimum absolute atomic E-state index is 0.233. The fourth-order valence-corrected chi connectivity index (χ4v) is 1.65. The Bertz CT molecular complexity index is 614. The van der Waals surface area contributed by atoms with Crippen LogP contribution in [0.4, 0.5) is 4.39 Å². The topological polar surface area (TPSA) is 77.2 Å². The number of hydrogen-bond donors (Lipinski definition) is 2. The molecule has 2 rings (SSSR count). The summed E-state index contributed by atoms with van der Waals surface area (Å²) in [6.45, 7) is 2.00. The van der Waals surface area contributed by atoms with Crippen molar-refractivity contribution in [1.29, 1.82) is 0 Å². The van der Waals surface area contributed by atoms with Crippen LogP contribution < -0.4 is 16.0 Å². The number of pyridine rings is 1. The van der Waals surface area contributed by atoms with Crippen LogP contribution in [-0.4, -0.2) is 10.9 Å². The second-order valence-corrected chi connectivity index (χ2v) is 4.21. The number of aryl methyl sites for hydroxylation is 1. The van der Waals surface area contributed by atoms with Crippen molar-refractivity contribution in [2.75, 3.05) is 0 Å². The Morgan fingerprint density at radius 3 is 2.80 bits per heavy atom. The zero-order valence-corrected chi connectivity index (χ0v) is 10.9. The maximum absolute atomic E-state index is 12.9. The molecule has 0 atom stereocenters. The average Bonchev–Trinajstić information content (AvgIpc) is 2.46. The Balaban J connectivity index is 2.02. The molecular formula is C14H14FN3O2. The van der Waals surface area contributed by atoms with Crippen molar-refractivity contribution in [3.05, 3.63) is 59.2 Å². The molecule has 0 aliphatic rings. The van der Waals surface area contributed by atoms with Gasteiger partial charge in [-0.1, -0.05) is 0 Å². The van der Waals surface area contributed by atoms with Gasteiger partial charge in [-0.3, -0.25) is 15.2 Å². The third-order valence-electron chi connectivity index (χ3n) is 2.73. The summed E-state index contributed by atoms with van der Waals surface area (Å²) in [6, 6.07) is 7.58. The third-order valence-corrected chi connectivity index (χ3v) is 2.73. The molecule has 0 bridgehead atoms. The molecule has 20 heavy (non-hydrogen) atoms. The zero-order chi connectivity index (χ0) is 14.5. The lowest BCUT2D eigenvalue weighted by molar-refractivity contribution is 0.0953. The second kappa shape index (κ2) is 6.12. The predicted molar refractivity (Wildman–Crippen MR) is 71.4 cm³/mol. The molecule has 0 fully saturated rings. The van der Waals surface area contributed by atoms with Crippen molar-refractivity contribution in [1.82, 2.24) is 10.4 Å². The van der Waals surface area contributed by atoms with E-state index in [0.29, 0.717) is 22.6 Å². The summed E-state index contributed by atoms with van der Waals surface area (Å²) >= 11 is 0. The van der Waals surface area contributed by atoms with Gasteiger partial charge in [-0.25, -0.2) is 10.2 Å². The van der Waals surface area contributed by atoms with Gasteiger partial charge in [0, 0.05) is 6.20 Å². The van der Waals surface area contributed by atoms with E-state index in [1.54, 1.807) is 25.1 Å². The number of carbonyl (C=O) groups excluding carboxylic acids is 1. The average molecular weight is 275 g/mol. The number of ether oxygens (including phenoxy) is 1. The van der Waals surface area contributed by atoms with Crippen molar-refractivity contribution >= 4 is 5.91 Å². The first-order valence-electron chi connectivity index (χ1n) is 5.95. The van der Waals surface area contributed by atoms with E-state index in [1.807, 2.05) is 5.43 Å². The Morgan fingerprint density at radius 1 is 1.40 bits per heavy atom.